The zero-order valence-electron chi connectivity index (χ0n) is 15.9. The molecule has 0 saturated carbocycles. The van der Waals surface area contributed by atoms with Crippen molar-refractivity contribution >= 4 is 33.2 Å². The van der Waals surface area contributed by atoms with Crippen LogP contribution in [0.2, 0.25) is 0 Å². The van der Waals surface area contributed by atoms with Crippen LogP contribution in [0.5, 0.6) is 0 Å². The predicted molar refractivity (Wildman–Crippen MR) is 105 cm³/mol. The molecule has 3 rings (SSSR count). The van der Waals surface area contributed by atoms with Gasteiger partial charge in [0.05, 0.1) is 11.7 Å². The van der Waals surface area contributed by atoms with Crippen molar-refractivity contribution in [1.82, 2.24) is 4.31 Å². The molecule has 2 amide bonds. The van der Waals surface area contributed by atoms with Crippen LogP contribution in [0.4, 0.5) is 11.4 Å². The quantitative estimate of drug-likeness (QED) is 0.830. The fraction of sp³-hybridized carbons (Fsp3) is 0.579. The lowest BCUT2D eigenvalue weighted by Crippen LogP contribution is -2.44. The third kappa shape index (κ3) is 4.32. The highest BCUT2D eigenvalue weighted by atomic mass is 32.2. The molecular weight excluding hydrogens is 366 g/mol. The van der Waals surface area contributed by atoms with Crippen LogP contribution in [0.3, 0.4) is 0 Å². The Kier molecular flexibility index (Phi) is 5.86. The summed E-state index contributed by atoms with van der Waals surface area (Å²) < 4.78 is 25.6. The number of amides is 2. The van der Waals surface area contributed by atoms with Crippen LogP contribution in [0.25, 0.3) is 0 Å². The summed E-state index contributed by atoms with van der Waals surface area (Å²) in [4.78, 5) is 26.5. The number of aryl methyl sites for hydroxylation is 1. The summed E-state index contributed by atoms with van der Waals surface area (Å²) >= 11 is 0. The molecule has 0 bridgehead atoms. The molecule has 0 aromatic heterocycles. The molecule has 2 fully saturated rings. The lowest BCUT2D eigenvalue weighted by molar-refractivity contribution is -0.121. The van der Waals surface area contributed by atoms with Crippen LogP contribution in [0, 0.1) is 12.8 Å². The van der Waals surface area contributed by atoms with E-state index in [0.29, 0.717) is 38.0 Å². The third-order valence-electron chi connectivity index (χ3n) is 5.35. The van der Waals surface area contributed by atoms with Gasteiger partial charge in [0.15, 0.2) is 0 Å². The molecule has 2 aliphatic rings. The van der Waals surface area contributed by atoms with Crippen LogP contribution in [0.1, 0.15) is 38.2 Å². The van der Waals surface area contributed by atoms with E-state index in [-0.39, 0.29) is 30.0 Å². The van der Waals surface area contributed by atoms with Crippen LogP contribution in [-0.2, 0) is 19.6 Å². The highest BCUT2D eigenvalue weighted by molar-refractivity contribution is 7.89. The van der Waals surface area contributed by atoms with Gasteiger partial charge in [-0.05, 0) is 50.8 Å². The smallest absolute Gasteiger partial charge is 0.228 e. The lowest BCUT2D eigenvalue weighted by atomic mass is 9.98. The van der Waals surface area contributed by atoms with Gasteiger partial charge < -0.3 is 10.2 Å². The van der Waals surface area contributed by atoms with Gasteiger partial charge in [0.25, 0.3) is 0 Å². The largest absolute Gasteiger partial charge is 0.326 e. The van der Waals surface area contributed by atoms with Gasteiger partial charge in [0.1, 0.15) is 0 Å². The Balaban J connectivity index is 1.71. The first-order valence-corrected chi connectivity index (χ1v) is 11.1. The molecule has 2 aliphatic heterocycles. The van der Waals surface area contributed by atoms with Crippen LogP contribution >= 0.6 is 0 Å². The normalized spacial score (nSPS) is 21.5. The van der Waals surface area contributed by atoms with Crippen LogP contribution in [-0.4, -0.2) is 49.9 Å². The maximum absolute atomic E-state index is 12.7. The summed E-state index contributed by atoms with van der Waals surface area (Å²) in [5.74, 6) is -0.381. The number of sulfonamides is 1. The molecule has 8 heteroatoms. The third-order valence-corrected chi connectivity index (χ3v) is 7.20. The average Bonchev–Trinajstić information content (AvgIpc) is 3.09. The van der Waals surface area contributed by atoms with Crippen molar-refractivity contribution in [2.75, 3.05) is 35.6 Å². The molecule has 27 heavy (non-hydrogen) atoms. The average molecular weight is 394 g/mol. The number of anilines is 2. The molecule has 2 heterocycles. The van der Waals surface area contributed by atoms with Gasteiger partial charge in [-0.15, -0.1) is 0 Å². The number of hydrogen-bond acceptors (Lipinski definition) is 4. The highest BCUT2D eigenvalue weighted by Crippen LogP contribution is 2.29. The van der Waals surface area contributed by atoms with Crippen LogP contribution < -0.4 is 10.2 Å². The first-order chi connectivity index (χ1) is 12.8. The van der Waals surface area contributed by atoms with Crippen LogP contribution in [0.15, 0.2) is 18.2 Å². The van der Waals surface area contributed by atoms with Gasteiger partial charge in [-0.2, -0.15) is 0 Å². The van der Waals surface area contributed by atoms with Crippen molar-refractivity contribution in [2.45, 2.75) is 39.5 Å². The molecule has 0 spiro atoms. The molecule has 0 aliphatic carbocycles. The Morgan fingerprint density at radius 1 is 1.26 bits per heavy atom. The van der Waals surface area contributed by atoms with E-state index in [1.54, 1.807) is 11.8 Å². The summed E-state index contributed by atoms with van der Waals surface area (Å²) in [7, 11) is -3.28. The number of carbonyl (C=O) groups excluding carboxylic acids is 2. The van der Waals surface area contributed by atoms with Crippen molar-refractivity contribution in [2.24, 2.45) is 5.92 Å². The molecule has 1 N–H and O–H groups in total. The van der Waals surface area contributed by atoms with E-state index in [1.165, 1.54) is 4.31 Å². The van der Waals surface area contributed by atoms with E-state index in [2.05, 4.69) is 5.32 Å². The number of piperidine rings is 1. The number of benzene rings is 1. The second-order valence-corrected chi connectivity index (χ2v) is 9.49. The van der Waals surface area contributed by atoms with E-state index >= 15 is 0 Å². The second-order valence-electron chi connectivity index (χ2n) is 7.24. The fourth-order valence-corrected chi connectivity index (χ4v) is 4.90. The van der Waals surface area contributed by atoms with Gasteiger partial charge in [0.2, 0.25) is 21.8 Å². The van der Waals surface area contributed by atoms with Gasteiger partial charge in [-0.3, -0.25) is 9.59 Å². The van der Waals surface area contributed by atoms with Crippen molar-refractivity contribution in [3.05, 3.63) is 23.8 Å². The van der Waals surface area contributed by atoms with E-state index in [1.807, 2.05) is 25.1 Å². The summed E-state index contributed by atoms with van der Waals surface area (Å²) in [5, 5.41) is 2.91. The number of rotatable bonds is 5. The molecule has 7 nitrogen and oxygen atoms in total. The predicted octanol–water partition coefficient (Wildman–Crippen LogP) is 2.12. The maximum Gasteiger partial charge on any atom is 0.228 e. The first kappa shape index (κ1) is 19.8. The maximum atomic E-state index is 12.7. The monoisotopic (exact) mass is 393 g/mol. The number of carbonyl (C=O) groups is 2. The summed E-state index contributed by atoms with van der Waals surface area (Å²) in [5.41, 5.74) is 2.45. The van der Waals surface area contributed by atoms with E-state index in [0.717, 1.165) is 17.7 Å². The first-order valence-electron chi connectivity index (χ1n) is 9.51. The Labute approximate surface area is 160 Å². The topological polar surface area (TPSA) is 86.8 Å². The molecule has 1 unspecified atom stereocenters. The Morgan fingerprint density at radius 3 is 2.70 bits per heavy atom. The highest BCUT2D eigenvalue weighted by Gasteiger charge is 2.31. The molecule has 1 aromatic carbocycles. The fourth-order valence-electron chi connectivity index (χ4n) is 3.72. The lowest BCUT2D eigenvalue weighted by Gasteiger charge is -2.31. The summed E-state index contributed by atoms with van der Waals surface area (Å²) in [6.45, 7) is 4.97. The zero-order chi connectivity index (χ0) is 19.6. The van der Waals surface area contributed by atoms with Gasteiger partial charge in [-0.1, -0.05) is 6.07 Å². The molecule has 148 valence electrons. The van der Waals surface area contributed by atoms with E-state index < -0.39 is 10.0 Å². The molecule has 2 saturated heterocycles. The van der Waals surface area contributed by atoms with E-state index in [4.69, 9.17) is 0 Å². The van der Waals surface area contributed by atoms with Gasteiger partial charge in [-0.25, -0.2) is 12.7 Å². The summed E-state index contributed by atoms with van der Waals surface area (Å²) in [6.07, 6.45) is 2.75. The van der Waals surface area contributed by atoms with Crippen molar-refractivity contribution in [3.63, 3.8) is 0 Å². The second kappa shape index (κ2) is 7.98. The minimum Gasteiger partial charge on any atom is -0.326 e. The Morgan fingerprint density at radius 2 is 2.04 bits per heavy atom. The Bertz CT molecular complexity index is 837. The van der Waals surface area contributed by atoms with E-state index in [9.17, 15) is 18.0 Å². The molecule has 0 radical (unpaired) electrons. The SMILES string of the molecule is CCS(=O)(=O)N1CCCC(C(=O)Nc2ccc(C)c(N3CCCC3=O)c2)C1. The molecular formula is C19H27N3O4S. The van der Waals surface area contributed by atoms with Gasteiger partial charge in [0, 0.05) is 37.4 Å². The van der Waals surface area contributed by atoms with Crippen molar-refractivity contribution < 1.29 is 18.0 Å². The van der Waals surface area contributed by atoms with Gasteiger partial charge >= 0.3 is 0 Å². The number of nitrogens with zero attached hydrogens (tertiary/aromatic N) is 2. The van der Waals surface area contributed by atoms with Crippen molar-refractivity contribution in [3.8, 4) is 0 Å². The number of hydrogen-bond donors (Lipinski definition) is 1. The Hall–Kier alpha value is -1.93. The standard InChI is InChI=1S/C19H27N3O4S/c1-3-27(25,26)21-10-4-6-15(13-21)19(24)20-16-9-8-14(2)17(12-16)22-11-5-7-18(22)23/h8-9,12,15H,3-7,10-11,13H2,1-2H3,(H,20,24). The molecule has 1 aromatic rings. The zero-order valence-corrected chi connectivity index (χ0v) is 16.7. The van der Waals surface area contributed by atoms with Crippen molar-refractivity contribution in [1.29, 1.82) is 0 Å². The minimum absolute atomic E-state index is 0.0481. The number of nitrogens with one attached hydrogen (secondary N) is 1. The summed E-state index contributed by atoms with van der Waals surface area (Å²) in [6, 6.07) is 5.55. The molecule has 1 atom stereocenters. The minimum atomic E-state index is -3.28.